The van der Waals surface area contributed by atoms with E-state index in [0.29, 0.717) is 11.6 Å². The number of halogens is 1. The molecule has 0 saturated carbocycles. The average molecular weight is 209 g/mol. The number of nitrogens with zero attached hydrogens (tertiary/aromatic N) is 2. The Morgan fingerprint density at radius 3 is 2.27 bits per heavy atom. The monoisotopic (exact) mass is 209 g/mol. The lowest BCUT2D eigenvalue weighted by Crippen LogP contribution is -2.36. The molecular weight excluding hydrogens is 193 g/mol. The van der Waals surface area contributed by atoms with E-state index in [4.69, 9.17) is 5.73 Å². The molecule has 0 radical (unpaired) electrons. The molecule has 1 rings (SSSR count). The van der Waals surface area contributed by atoms with Gasteiger partial charge in [0.25, 0.3) is 0 Å². The molecule has 0 saturated heterocycles. The highest BCUT2D eigenvalue weighted by molar-refractivity contribution is 5.80. The van der Waals surface area contributed by atoms with Gasteiger partial charge in [0, 0.05) is 13.1 Å². The molecule has 4 heteroatoms. The van der Waals surface area contributed by atoms with E-state index in [1.165, 1.54) is 12.1 Å². The summed E-state index contributed by atoms with van der Waals surface area (Å²) in [5.74, 6) is 0.196. The Bertz CT molecular complexity index is 328. The summed E-state index contributed by atoms with van der Waals surface area (Å²) in [5.41, 5.74) is 6.46. The van der Waals surface area contributed by atoms with Crippen molar-refractivity contribution in [3.05, 3.63) is 30.1 Å². The van der Waals surface area contributed by atoms with Crippen molar-refractivity contribution >= 4 is 11.6 Å². The van der Waals surface area contributed by atoms with Crippen LogP contribution in [0.5, 0.6) is 0 Å². The second-order valence-electron chi connectivity index (χ2n) is 3.12. The molecule has 1 aromatic carbocycles. The van der Waals surface area contributed by atoms with Crippen LogP contribution >= 0.6 is 0 Å². The van der Waals surface area contributed by atoms with Crippen molar-refractivity contribution in [2.45, 2.75) is 13.8 Å². The van der Waals surface area contributed by atoms with Crippen LogP contribution in [0.1, 0.15) is 13.8 Å². The lowest BCUT2D eigenvalue weighted by molar-refractivity contribution is 0.460. The SMILES string of the molecule is CCN(CC)C(N)=Nc1ccc(F)cc1. The quantitative estimate of drug-likeness (QED) is 0.612. The van der Waals surface area contributed by atoms with E-state index < -0.39 is 0 Å². The van der Waals surface area contributed by atoms with Crippen LogP contribution in [0.2, 0.25) is 0 Å². The number of rotatable bonds is 3. The van der Waals surface area contributed by atoms with Crippen molar-refractivity contribution < 1.29 is 4.39 Å². The maximum absolute atomic E-state index is 12.6. The van der Waals surface area contributed by atoms with Crippen LogP contribution in [-0.2, 0) is 0 Å². The first kappa shape index (κ1) is 11.5. The zero-order chi connectivity index (χ0) is 11.3. The van der Waals surface area contributed by atoms with Gasteiger partial charge in [0.15, 0.2) is 5.96 Å². The van der Waals surface area contributed by atoms with Gasteiger partial charge in [-0.05, 0) is 38.1 Å². The smallest absolute Gasteiger partial charge is 0.196 e. The van der Waals surface area contributed by atoms with Gasteiger partial charge >= 0.3 is 0 Å². The topological polar surface area (TPSA) is 41.6 Å². The van der Waals surface area contributed by atoms with E-state index in [9.17, 15) is 4.39 Å². The lowest BCUT2D eigenvalue weighted by Gasteiger charge is -2.19. The highest BCUT2D eigenvalue weighted by Gasteiger charge is 2.01. The van der Waals surface area contributed by atoms with Gasteiger partial charge in [-0.15, -0.1) is 0 Å². The molecule has 0 unspecified atom stereocenters. The second kappa shape index (κ2) is 5.34. The summed E-state index contributed by atoms with van der Waals surface area (Å²) in [4.78, 5) is 6.13. The van der Waals surface area contributed by atoms with E-state index in [2.05, 4.69) is 4.99 Å². The fraction of sp³-hybridized carbons (Fsp3) is 0.364. The Hall–Kier alpha value is -1.58. The van der Waals surface area contributed by atoms with Crippen LogP contribution in [0.4, 0.5) is 10.1 Å². The standard InChI is InChI=1S/C11H16FN3/c1-3-15(4-2)11(13)14-10-7-5-9(12)6-8-10/h5-8H,3-4H2,1-2H3,(H2,13,14). The first-order valence-electron chi connectivity index (χ1n) is 5.02. The molecule has 0 atom stereocenters. The third-order valence-electron chi connectivity index (χ3n) is 2.16. The third-order valence-corrected chi connectivity index (χ3v) is 2.16. The summed E-state index contributed by atoms with van der Waals surface area (Å²) in [6.45, 7) is 5.65. The van der Waals surface area contributed by atoms with Gasteiger partial charge in [-0.1, -0.05) is 0 Å². The summed E-state index contributed by atoms with van der Waals surface area (Å²) in [6.07, 6.45) is 0. The number of nitrogens with two attached hydrogens (primary N) is 1. The molecule has 0 aromatic heterocycles. The minimum absolute atomic E-state index is 0.268. The number of hydrogen-bond acceptors (Lipinski definition) is 1. The molecule has 15 heavy (non-hydrogen) atoms. The highest BCUT2D eigenvalue weighted by atomic mass is 19.1. The molecule has 0 amide bonds. The number of hydrogen-bond donors (Lipinski definition) is 1. The second-order valence-corrected chi connectivity index (χ2v) is 3.12. The van der Waals surface area contributed by atoms with Crippen LogP contribution in [0.25, 0.3) is 0 Å². The van der Waals surface area contributed by atoms with Crippen molar-refractivity contribution in [1.82, 2.24) is 4.90 Å². The molecular formula is C11H16FN3. The Kier molecular flexibility index (Phi) is 4.09. The lowest BCUT2D eigenvalue weighted by atomic mass is 10.3. The number of aliphatic imine (C=N–C) groups is 1. The predicted molar refractivity (Wildman–Crippen MR) is 60.6 cm³/mol. The summed E-state index contributed by atoms with van der Waals surface area (Å²) in [6, 6.07) is 5.94. The highest BCUT2D eigenvalue weighted by Crippen LogP contribution is 2.12. The Morgan fingerprint density at radius 1 is 1.27 bits per heavy atom. The zero-order valence-electron chi connectivity index (χ0n) is 9.07. The molecule has 0 aliphatic carbocycles. The first-order valence-corrected chi connectivity index (χ1v) is 5.02. The van der Waals surface area contributed by atoms with Crippen LogP contribution < -0.4 is 5.73 Å². The van der Waals surface area contributed by atoms with Crippen LogP contribution in [-0.4, -0.2) is 23.9 Å². The van der Waals surface area contributed by atoms with Gasteiger partial charge in [0.1, 0.15) is 5.82 Å². The zero-order valence-corrected chi connectivity index (χ0v) is 9.07. The number of benzene rings is 1. The maximum Gasteiger partial charge on any atom is 0.196 e. The minimum atomic E-state index is -0.268. The molecule has 82 valence electrons. The molecule has 0 bridgehead atoms. The van der Waals surface area contributed by atoms with Gasteiger partial charge in [-0.3, -0.25) is 0 Å². The molecule has 1 aromatic rings. The first-order chi connectivity index (χ1) is 7.17. The van der Waals surface area contributed by atoms with E-state index in [-0.39, 0.29) is 5.82 Å². The molecule has 0 fully saturated rings. The van der Waals surface area contributed by atoms with Gasteiger partial charge in [0.05, 0.1) is 5.69 Å². The van der Waals surface area contributed by atoms with E-state index in [0.717, 1.165) is 13.1 Å². The van der Waals surface area contributed by atoms with Crippen LogP contribution in [0, 0.1) is 5.82 Å². The summed E-state index contributed by atoms with van der Waals surface area (Å²) in [7, 11) is 0. The normalized spacial score (nSPS) is 11.5. The molecule has 0 aliphatic heterocycles. The fourth-order valence-corrected chi connectivity index (χ4v) is 1.27. The van der Waals surface area contributed by atoms with E-state index >= 15 is 0 Å². The summed E-state index contributed by atoms with van der Waals surface area (Å²) < 4.78 is 12.6. The van der Waals surface area contributed by atoms with Crippen molar-refractivity contribution in [2.75, 3.05) is 13.1 Å². The molecule has 2 N–H and O–H groups in total. The van der Waals surface area contributed by atoms with Gasteiger partial charge < -0.3 is 10.6 Å². The number of guanidine groups is 1. The Morgan fingerprint density at radius 2 is 1.80 bits per heavy atom. The molecule has 0 heterocycles. The van der Waals surface area contributed by atoms with Crippen molar-refractivity contribution in [1.29, 1.82) is 0 Å². The van der Waals surface area contributed by atoms with Crippen molar-refractivity contribution in [3.8, 4) is 0 Å². The Labute approximate surface area is 89.4 Å². The fourth-order valence-electron chi connectivity index (χ4n) is 1.27. The van der Waals surface area contributed by atoms with Gasteiger partial charge in [-0.25, -0.2) is 9.38 Å². The average Bonchev–Trinajstić information content (AvgIpc) is 2.23. The summed E-state index contributed by atoms with van der Waals surface area (Å²) >= 11 is 0. The minimum Gasteiger partial charge on any atom is -0.369 e. The van der Waals surface area contributed by atoms with Crippen LogP contribution in [0.3, 0.4) is 0 Å². The largest absolute Gasteiger partial charge is 0.369 e. The van der Waals surface area contributed by atoms with Gasteiger partial charge in [-0.2, -0.15) is 0 Å². The Balaban J connectivity index is 2.81. The molecule has 0 spiro atoms. The van der Waals surface area contributed by atoms with Crippen molar-refractivity contribution in [2.24, 2.45) is 10.7 Å². The van der Waals surface area contributed by atoms with E-state index in [1.54, 1.807) is 12.1 Å². The van der Waals surface area contributed by atoms with Crippen molar-refractivity contribution in [3.63, 3.8) is 0 Å². The summed E-state index contributed by atoms with van der Waals surface area (Å²) in [5, 5.41) is 0. The van der Waals surface area contributed by atoms with E-state index in [1.807, 2.05) is 18.7 Å². The predicted octanol–water partition coefficient (Wildman–Crippen LogP) is 2.11. The molecule has 3 nitrogen and oxygen atoms in total. The van der Waals surface area contributed by atoms with Crippen LogP contribution in [0.15, 0.2) is 29.3 Å². The van der Waals surface area contributed by atoms with Gasteiger partial charge in [0.2, 0.25) is 0 Å². The third kappa shape index (κ3) is 3.23. The maximum atomic E-state index is 12.6. The molecule has 0 aliphatic rings.